The molecule has 1 N–H and O–H groups in total. The van der Waals surface area contributed by atoms with Crippen molar-refractivity contribution in [2.75, 3.05) is 0 Å². The molecule has 0 aliphatic heterocycles. The van der Waals surface area contributed by atoms with Gasteiger partial charge in [0, 0.05) is 0 Å². The van der Waals surface area contributed by atoms with Gasteiger partial charge in [0.15, 0.2) is 0 Å². The Labute approximate surface area is 171 Å². The lowest BCUT2D eigenvalue weighted by molar-refractivity contribution is 0.0529. The van der Waals surface area contributed by atoms with Crippen molar-refractivity contribution in [2.24, 2.45) is 5.10 Å². The number of rotatable bonds is 4. The highest BCUT2D eigenvalue weighted by Crippen LogP contribution is 2.41. The second-order valence-electron chi connectivity index (χ2n) is 8.31. The number of nitrogens with one attached hydrogen (secondary N) is 1. The van der Waals surface area contributed by atoms with E-state index in [1.807, 2.05) is 13.0 Å². The van der Waals surface area contributed by atoms with Gasteiger partial charge in [-0.3, -0.25) is 13.9 Å². The number of nitrogens with zero attached hydrogens (tertiary/aromatic N) is 4. The van der Waals surface area contributed by atoms with Gasteiger partial charge >= 0.3 is 11.8 Å². The van der Waals surface area contributed by atoms with E-state index in [4.69, 9.17) is 4.74 Å². The Balaban J connectivity index is 2.06. The predicted octanol–water partition coefficient (Wildman–Crippen LogP) is 2.42. The lowest BCUT2D eigenvalue weighted by atomic mass is 10.2. The van der Waals surface area contributed by atoms with E-state index in [0.717, 1.165) is 12.8 Å². The molecule has 154 valence electrons. The molecule has 29 heavy (non-hydrogen) atoms. The fraction of sp³-hybridized carbons (Fsp3) is 0.526. The number of hydrogen-bond donors (Lipinski definition) is 1. The molecule has 2 aromatic heterocycles. The van der Waals surface area contributed by atoms with Crippen LogP contribution in [0.15, 0.2) is 14.7 Å². The maximum atomic E-state index is 13.1. The van der Waals surface area contributed by atoms with Crippen LogP contribution in [0.2, 0.25) is 0 Å². The molecule has 1 aliphatic carbocycles. The maximum absolute atomic E-state index is 13.1. The minimum absolute atomic E-state index is 0.154. The van der Waals surface area contributed by atoms with Crippen LogP contribution in [0.1, 0.15) is 51.0 Å². The van der Waals surface area contributed by atoms with E-state index in [-0.39, 0.29) is 12.1 Å². The summed E-state index contributed by atoms with van der Waals surface area (Å²) in [5.41, 5.74) is 0.956. The zero-order valence-electron chi connectivity index (χ0n) is 17.0. The van der Waals surface area contributed by atoms with Crippen molar-refractivity contribution in [2.45, 2.75) is 65.1 Å². The quantitative estimate of drug-likeness (QED) is 0.605. The molecule has 0 aromatic carbocycles. The third kappa shape index (κ3) is 3.96. The van der Waals surface area contributed by atoms with Crippen LogP contribution >= 0.6 is 11.3 Å². The van der Waals surface area contributed by atoms with Crippen LogP contribution in [0.5, 0.6) is 0 Å². The highest BCUT2D eigenvalue weighted by molar-refractivity contribution is 7.20. The third-order valence-electron chi connectivity index (χ3n) is 4.73. The first kappa shape index (κ1) is 20.8. The van der Waals surface area contributed by atoms with Gasteiger partial charge in [0.25, 0.3) is 5.56 Å². The zero-order chi connectivity index (χ0) is 21.6. The Morgan fingerprint density at radius 2 is 2.07 bits per heavy atom. The monoisotopic (exact) mass is 417 g/mol. The molecule has 1 fully saturated rings. The number of ether oxygens (including phenoxy) is 1. The van der Waals surface area contributed by atoms with E-state index in [1.165, 1.54) is 26.7 Å². The van der Waals surface area contributed by atoms with Gasteiger partial charge in [0.05, 0.1) is 28.1 Å². The number of carbonyl (C=O) groups is 1. The molecule has 2 heterocycles. The minimum atomic E-state index is -0.696. The summed E-state index contributed by atoms with van der Waals surface area (Å²) in [4.78, 5) is 38.8. The van der Waals surface area contributed by atoms with Crippen LogP contribution in [-0.4, -0.2) is 27.0 Å². The standard InChI is InChI=1S/C19H23N5O4S/c1-11-12(10-21-22-16(26)28-18(2,3)4)29-15-13(11)14(25)24(19(5)6-7-19)17(27)23(15)9-8-20/h10H,6-7,9H2,1-5H3,(H,22,26). The molecule has 2 aromatic rings. The number of thiophene rings is 1. The largest absolute Gasteiger partial charge is 0.443 e. The van der Waals surface area contributed by atoms with E-state index in [1.54, 1.807) is 27.7 Å². The predicted molar refractivity (Wildman–Crippen MR) is 111 cm³/mol. The van der Waals surface area contributed by atoms with Crippen molar-refractivity contribution in [3.63, 3.8) is 0 Å². The Kier molecular flexibility index (Phi) is 5.13. The third-order valence-corrected chi connectivity index (χ3v) is 5.98. The van der Waals surface area contributed by atoms with Gasteiger partial charge in [0.2, 0.25) is 0 Å². The summed E-state index contributed by atoms with van der Waals surface area (Å²) in [5, 5.41) is 13.5. The molecule has 0 radical (unpaired) electrons. The fourth-order valence-corrected chi connectivity index (χ4v) is 4.19. The first-order chi connectivity index (χ1) is 13.5. The van der Waals surface area contributed by atoms with Gasteiger partial charge in [-0.05, 0) is 53.0 Å². The lowest BCUT2D eigenvalue weighted by Gasteiger charge is -2.18. The van der Waals surface area contributed by atoms with Crippen LogP contribution < -0.4 is 16.7 Å². The van der Waals surface area contributed by atoms with Gasteiger partial charge < -0.3 is 4.74 Å². The molecule has 0 atom stereocenters. The second-order valence-corrected chi connectivity index (χ2v) is 9.34. The Bertz CT molecular complexity index is 1170. The number of hydrazone groups is 1. The minimum Gasteiger partial charge on any atom is -0.443 e. The normalized spacial score (nSPS) is 15.4. The summed E-state index contributed by atoms with van der Waals surface area (Å²) in [6, 6.07) is 1.99. The smallest absolute Gasteiger partial charge is 0.428 e. The molecule has 10 heteroatoms. The number of hydrogen-bond acceptors (Lipinski definition) is 7. The highest BCUT2D eigenvalue weighted by atomic mass is 32.1. The molecule has 1 amide bonds. The van der Waals surface area contributed by atoms with E-state index in [9.17, 15) is 19.6 Å². The van der Waals surface area contributed by atoms with Gasteiger partial charge in [-0.2, -0.15) is 10.4 Å². The number of aromatic nitrogens is 2. The highest BCUT2D eigenvalue weighted by Gasteiger charge is 2.43. The number of amides is 1. The Hall–Kier alpha value is -2.93. The van der Waals surface area contributed by atoms with Gasteiger partial charge in [-0.1, -0.05) is 0 Å². The van der Waals surface area contributed by atoms with Crippen LogP contribution in [0, 0.1) is 18.3 Å². The van der Waals surface area contributed by atoms with Crippen LogP contribution in [0.4, 0.5) is 4.79 Å². The molecule has 0 saturated heterocycles. The first-order valence-electron chi connectivity index (χ1n) is 9.17. The number of aryl methyl sites for hydroxylation is 1. The molecule has 9 nitrogen and oxygen atoms in total. The summed E-state index contributed by atoms with van der Waals surface area (Å²) >= 11 is 1.18. The molecule has 1 aliphatic rings. The van der Waals surface area contributed by atoms with Gasteiger partial charge in [-0.15, -0.1) is 11.3 Å². The van der Waals surface area contributed by atoms with Crippen molar-refractivity contribution < 1.29 is 9.53 Å². The van der Waals surface area contributed by atoms with Crippen molar-refractivity contribution in [3.05, 3.63) is 31.3 Å². The number of fused-ring (bicyclic) bond motifs is 1. The molecule has 1 saturated carbocycles. The molecular formula is C19H23N5O4S. The summed E-state index contributed by atoms with van der Waals surface area (Å²) in [5.74, 6) is 0. The maximum Gasteiger partial charge on any atom is 0.428 e. The summed E-state index contributed by atoms with van der Waals surface area (Å²) in [6.07, 6.45) is 2.21. The van der Waals surface area contributed by atoms with Gasteiger partial charge in [0.1, 0.15) is 17.0 Å². The summed E-state index contributed by atoms with van der Waals surface area (Å²) in [7, 11) is 0. The first-order valence-corrected chi connectivity index (χ1v) is 9.98. The van der Waals surface area contributed by atoms with E-state index in [2.05, 4.69) is 10.5 Å². The lowest BCUT2D eigenvalue weighted by Crippen LogP contribution is -2.44. The number of carbonyl (C=O) groups excluding carboxylic acids is 1. The van der Waals surface area contributed by atoms with Crippen LogP contribution in [0.3, 0.4) is 0 Å². The zero-order valence-corrected chi connectivity index (χ0v) is 17.8. The van der Waals surface area contributed by atoms with Crippen molar-refractivity contribution in [1.29, 1.82) is 5.26 Å². The Morgan fingerprint density at radius 1 is 1.41 bits per heavy atom. The summed E-state index contributed by atoms with van der Waals surface area (Å²) in [6.45, 7) is 8.70. The van der Waals surface area contributed by atoms with E-state index >= 15 is 0 Å². The van der Waals surface area contributed by atoms with E-state index < -0.39 is 22.9 Å². The second kappa shape index (κ2) is 7.15. The molecule has 0 bridgehead atoms. The van der Waals surface area contributed by atoms with Crippen molar-refractivity contribution in [1.82, 2.24) is 14.6 Å². The fourth-order valence-electron chi connectivity index (χ4n) is 3.02. The van der Waals surface area contributed by atoms with Crippen molar-refractivity contribution in [3.8, 4) is 6.07 Å². The number of nitriles is 1. The van der Waals surface area contributed by atoms with Gasteiger partial charge in [-0.25, -0.2) is 15.0 Å². The molecule has 3 rings (SSSR count). The Morgan fingerprint density at radius 3 is 2.62 bits per heavy atom. The summed E-state index contributed by atoms with van der Waals surface area (Å²) < 4.78 is 7.72. The van der Waals surface area contributed by atoms with Crippen molar-refractivity contribution >= 4 is 33.9 Å². The van der Waals surface area contributed by atoms with Crippen LogP contribution in [-0.2, 0) is 16.8 Å². The average molecular weight is 417 g/mol. The molecule has 0 unspecified atom stereocenters. The van der Waals surface area contributed by atoms with Crippen LogP contribution in [0.25, 0.3) is 10.2 Å². The SMILES string of the molecule is Cc1c(C=NNC(=O)OC(C)(C)C)sc2c1c(=O)n(C1(C)CC1)c(=O)n2CC#N. The molecule has 0 spiro atoms. The molecular weight excluding hydrogens is 394 g/mol. The average Bonchev–Trinajstić information content (AvgIpc) is 3.24. The van der Waals surface area contributed by atoms with E-state index in [0.29, 0.717) is 20.7 Å². The topological polar surface area (TPSA) is 118 Å².